The summed E-state index contributed by atoms with van der Waals surface area (Å²) < 4.78 is 30.1. The third-order valence-corrected chi connectivity index (χ3v) is 4.82. The van der Waals surface area contributed by atoms with Crippen LogP contribution in [-0.2, 0) is 13.5 Å². The van der Waals surface area contributed by atoms with Crippen molar-refractivity contribution in [2.75, 3.05) is 13.1 Å². The van der Waals surface area contributed by atoms with Gasteiger partial charge in [0.15, 0.2) is 5.65 Å². The third kappa shape index (κ3) is 2.88. The molecule has 0 spiro atoms. The first-order valence-electron chi connectivity index (χ1n) is 8.63. The molecule has 0 atom stereocenters. The molecule has 140 valence electrons. The van der Waals surface area contributed by atoms with Crippen LogP contribution in [0.15, 0.2) is 29.2 Å². The summed E-state index contributed by atoms with van der Waals surface area (Å²) >= 11 is 0. The lowest BCUT2D eigenvalue weighted by molar-refractivity contribution is 0.210. The van der Waals surface area contributed by atoms with Crippen molar-refractivity contribution in [3.8, 4) is 0 Å². The van der Waals surface area contributed by atoms with Crippen molar-refractivity contribution < 1.29 is 13.6 Å². The number of aromatic nitrogens is 4. The van der Waals surface area contributed by atoms with Crippen LogP contribution in [0.1, 0.15) is 24.2 Å². The third-order valence-electron chi connectivity index (χ3n) is 4.82. The van der Waals surface area contributed by atoms with Gasteiger partial charge in [0.05, 0.1) is 6.20 Å². The molecule has 0 N–H and O–H groups in total. The van der Waals surface area contributed by atoms with Gasteiger partial charge < -0.3 is 4.90 Å². The van der Waals surface area contributed by atoms with E-state index in [0.717, 1.165) is 29.5 Å². The molecule has 1 amide bonds. The minimum atomic E-state index is -0.697. The fourth-order valence-electron chi connectivity index (χ4n) is 3.31. The molecule has 2 aromatic heterocycles. The molecule has 0 saturated carbocycles. The van der Waals surface area contributed by atoms with Crippen LogP contribution in [0.2, 0.25) is 0 Å². The Morgan fingerprint density at radius 2 is 1.85 bits per heavy atom. The number of imidazole rings is 1. The molecule has 9 heteroatoms. The number of amides is 1. The molecule has 0 radical (unpaired) electrons. The number of nitrogens with zero attached hydrogens (tertiary/aromatic N) is 5. The summed E-state index contributed by atoms with van der Waals surface area (Å²) in [4.78, 5) is 35.3. The van der Waals surface area contributed by atoms with Crippen molar-refractivity contribution in [1.82, 2.24) is 24.0 Å². The van der Waals surface area contributed by atoms with E-state index < -0.39 is 23.4 Å². The number of likely N-dealkylation sites (tertiary alicyclic amines) is 1. The highest BCUT2D eigenvalue weighted by Gasteiger charge is 2.25. The van der Waals surface area contributed by atoms with Gasteiger partial charge in [-0.25, -0.2) is 28.3 Å². The molecule has 1 aliphatic heterocycles. The summed E-state index contributed by atoms with van der Waals surface area (Å²) in [5.41, 5.74) is -0.163. The first kappa shape index (κ1) is 17.3. The lowest BCUT2D eigenvalue weighted by atomic mass is 10.1. The van der Waals surface area contributed by atoms with E-state index in [2.05, 4.69) is 9.97 Å². The van der Waals surface area contributed by atoms with Crippen molar-refractivity contribution in [1.29, 1.82) is 0 Å². The molecular weight excluding hydrogens is 356 g/mol. The largest absolute Gasteiger partial charge is 0.338 e. The highest BCUT2D eigenvalue weighted by Crippen LogP contribution is 2.18. The summed E-state index contributed by atoms with van der Waals surface area (Å²) in [6.07, 6.45) is 2.98. The van der Waals surface area contributed by atoms with E-state index in [-0.39, 0.29) is 23.5 Å². The maximum atomic E-state index is 13.9. The monoisotopic (exact) mass is 373 g/mol. The Morgan fingerprint density at radius 3 is 2.52 bits per heavy atom. The van der Waals surface area contributed by atoms with Crippen LogP contribution in [0.4, 0.5) is 13.6 Å². The van der Waals surface area contributed by atoms with Crippen LogP contribution >= 0.6 is 0 Å². The summed E-state index contributed by atoms with van der Waals surface area (Å²) in [6, 6.07) is 3.16. The number of rotatable bonds is 2. The number of aryl methyl sites for hydroxylation is 1. The highest BCUT2D eigenvalue weighted by atomic mass is 19.1. The van der Waals surface area contributed by atoms with Crippen LogP contribution < -0.4 is 5.69 Å². The Bertz CT molecular complexity index is 1080. The molecule has 0 aliphatic carbocycles. The molecule has 3 heterocycles. The number of hydrogen-bond acceptors (Lipinski definition) is 4. The van der Waals surface area contributed by atoms with Gasteiger partial charge in [-0.05, 0) is 25.0 Å². The van der Waals surface area contributed by atoms with Gasteiger partial charge in [-0.15, -0.1) is 0 Å². The van der Waals surface area contributed by atoms with Gasteiger partial charge in [-0.3, -0.25) is 4.57 Å². The standard InChI is InChI=1S/C18H17F2N5O2/c1-23-14-10-21-15(9-11-12(19)5-4-6-13(11)20)22-16(14)25(17(23)26)18(27)24-7-2-3-8-24/h4-6,10H,2-3,7-9H2,1H3. The van der Waals surface area contributed by atoms with E-state index in [1.807, 2.05) is 0 Å². The van der Waals surface area contributed by atoms with Gasteiger partial charge in [-0.1, -0.05) is 6.07 Å². The second-order valence-electron chi connectivity index (χ2n) is 6.53. The molecule has 0 bridgehead atoms. The van der Waals surface area contributed by atoms with Crippen LogP contribution in [-0.4, -0.2) is 43.1 Å². The topological polar surface area (TPSA) is 73.0 Å². The molecule has 4 rings (SSSR count). The minimum absolute atomic E-state index is 0.125. The zero-order valence-electron chi connectivity index (χ0n) is 14.7. The van der Waals surface area contributed by atoms with E-state index in [0.29, 0.717) is 18.6 Å². The molecule has 7 nitrogen and oxygen atoms in total. The molecule has 1 fully saturated rings. The van der Waals surface area contributed by atoms with E-state index >= 15 is 0 Å². The van der Waals surface area contributed by atoms with Gasteiger partial charge in [-0.2, -0.15) is 4.57 Å². The predicted octanol–water partition coefficient (Wildman–Crippen LogP) is 2.06. The number of halogens is 2. The maximum absolute atomic E-state index is 13.9. The van der Waals surface area contributed by atoms with Gasteiger partial charge >= 0.3 is 11.7 Å². The van der Waals surface area contributed by atoms with Crippen molar-refractivity contribution in [3.63, 3.8) is 0 Å². The average molecular weight is 373 g/mol. The van der Waals surface area contributed by atoms with Crippen LogP contribution in [0, 0.1) is 11.6 Å². The lowest BCUT2D eigenvalue weighted by Crippen LogP contribution is -2.38. The Kier molecular flexibility index (Phi) is 4.21. The molecule has 1 aromatic carbocycles. The van der Waals surface area contributed by atoms with Crippen molar-refractivity contribution in [2.45, 2.75) is 19.3 Å². The van der Waals surface area contributed by atoms with Gasteiger partial charge in [0, 0.05) is 32.1 Å². The predicted molar refractivity (Wildman–Crippen MR) is 93.5 cm³/mol. The lowest BCUT2D eigenvalue weighted by Gasteiger charge is -2.14. The fourth-order valence-corrected chi connectivity index (χ4v) is 3.31. The van der Waals surface area contributed by atoms with E-state index in [9.17, 15) is 18.4 Å². The van der Waals surface area contributed by atoms with E-state index in [1.54, 1.807) is 4.90 Å². The van der Waals surface area contributed by atoms with E-state index in [1.165, 1.54) is 23.9 Å². The SMILES string of the molecule is Cn1c(=O)n(C(=O)N2CCCC2)c2nc(Cc3c(F)cccc3F)ncc21. The second kappa shape index (κ2) is 6.57. The molecule has 1 saturated heterocycles. The summed E-state index contributed by atoms with van der Waals surface area (Å²) in [6.45, 7) is 1.17. The Morgan fingerprint density at radius 1 is 1.19 bits per heavy atom. The Hall–Kier alpha value is -3.10. The Balaban J connectivity index is 1.80. The zero-order valence-corrected chi connectivity index (χ0v) is 14.7. The minimum Gasteiger partial charge on any atom is -0.324 e. The number of carbonyl (C=O) groups is 1. The first-order chi connectivity index (χ1) is 13.0. The Labute approximate surface area is 152 Å². The van der Waals surface area contributed by atoms with Crippen molar-refractivity contribution >= 4 is 17.2 Å². The molecular formula is C18H17F2N5O2. The molecule has 0 unspecified atom stereocenters. The first-order valence-corrected chi connectivity index (χ1v) is 8.63. The normalized spacial score (nSPS) is 14.3. The van der Waals surface area contributed by atoms with E-state index in [4.69, 9.17) is 0 Å². The van der Waals surface area contributed by atoms with Crippen molar-refractivity contribution in [2.24, 2.45) is 7.05 Å². The summed E-state index contributed by atoms with van der Waals surface area (Å²) in [5.74, 6) is -1.27. The van der Waals surface area contributed by atoms with Crippen molar-refractivity contribution in [3.05, 3.63) is 57.9 Å². The summed E-state index contributed by atoms with van der Waals surface area (Å²) in [5, 5.41) is 0. The van der Waals surface area contributed by atoms with Gasteiger partial charge in [0.1, 0.15) is 23.0 Å². The molecule has 27 heavy (non-hydrogen) atoms. The van der Waals surface area contributed by atoms with Gasteiger partial charge in [0.25, 0.3) is 0 Å². The van der Waals surface area contributed by atoms with Crippen LogP contribution in [0.5, 0.6) is 0 Å². The fraction of sp³-hybridized carbons (Fsp3) is 0.333. The second-order valence-corrected chi connectivity index (χ2v) is 6.53. The maximum Gasteiger partial charge on any atom is 0.338 e. The zero-order chi connectivity index (χ0) is 19.1. The van der Waals surface area contributed by atoms with Gasteiger partial charge in [0.2, 0.25) is 0 Å². The average Bonchev–Trinajstić information content (AvgIpc) is 3.26. The number of hydrogen-bond donors (Lipinski definition) is 0. The number of fused-ring (bicyclic) bond motifs is 1. The smallest absolute Gasteiger partial charge is 0.324 e. The highest BCUT2D eigenvalue weighted by molar-refractivity contribution is 5.87. The number of carbonyl (C=O) groups excluding carboxylic acids is 1. The molecule has 1 aliphatic rings. The number of benzene rings is 1. The quantitative estimate of drug-likeness (QED) is 0.689. The molecule has 3 aromatic rings. The van der Waals surface area contributed by atoms with Crippen LogP contribution in [0.25, 0.3) is 11.2 Å². The summed E-state index contributed by atoms with van der Waals surface area (Å²) in [7, 11) is 1.53. The van der Waals surface area contributed by atoms with Crippen LogP contribution in [0.3, 0.4) is 0 Å².